The lowest BCUT2D eigenvalue weighted by Gasteiger charge is -2.18. The van der Waals surface area contributed by atoms with Crippen LogP contribution >= 0.6 is 0 Å². The van der Waals surface area contributed by atoms with Crippen LogP contribution in [0, 0.1) is 0 Å². The molecule has 0 bridgehead atoms. The van der Waals surface area contributed by atoms with Crippen molar-refractivity contribution in [2.24, 2.45) is 0 Å². The molecular formula is C13H16N4O. The average molecular weight is 244 g/mol. The van der Waals surface area contributed by atoms with Crippen LogP contribution in [0.15, 0.2) is 36.9 Å². The number of aromatic nitrogens is 3. The fourth-order valence-corrected chi connectivity index (χ4v) is 1.81. The maximum Gasteiger partial charge on any atom is 0.142 e. The zero-order valence-corrected chi connectivity index (χ0v) is 10.5. The van der Waals surface area contributed by atoms with Gasteiger partial charge in [0.15, 0.2) is 0 Å². The van der Waals surface area contributed by atoms with Crippen molar-refractivity contribution in [1.29, 1.82) is 0 Å². The van der Waals surface area contributed by atoms with Gasteiger partial charge < -0.3 is 10.1 Å². The summed E-state index contributed by atoms with van der Waals surface area (Å²) in [6.07, 6.45) is 5.01. The number of hydrogen-bond donors (Lipinski definition) is 1. The molecule has 2 heterocycles. The van der Waals surface area contributed by atoms with E-state index in [9.17, 15) is 0 Å². The lowest BCUT2D eigenvalue weighted by molar-refractivity contribution is 0.399. The lowest BCUT2D eigenvalue weighted by atomic mass is 10.1. The molecule has 2 aromatic rings. The molecule has 0 aliphatic heterocycles. The van der Waals surface area contributed by atoms with Crippen molar-refractivity contribution in [2.75, 3.05) is 13.7 Å². The predicted molar refractivity (Wildman–Crippen MR) is 68.3 cm³/mol. The molecular weight excluding hydrogens is 228 g/mol. The Morgan fingerprint density at radius 2 is 2.17 bits per heavy atom. The fraction of sp³-hybridized carbons (Fsp3) is 0.308. The molecule has 2 rings (SSSR count). The van der Waals surface area contributed by atoms with Crippen molar-refractivity contribution in [3.63, 3.8) is 0 Å². The highest BCUT2D eigenvalue weighted by Gasteiger charge is 2.19. The minimum atomic E-state index is -0.0888. The minimum Gasteiger partial charge on any atom is -0.495 e. The van der Waals surface area contributed by atoms with Gasteiger partial charge >= 0.3 is 0 Å². The van der Waals surface area contributed by atoms with E-state index < -0.39 is 0 Å². The molecule has 0 amide bonds. The molecule has 1 atom stereocenters. The molecule has 0 radical (unpaired) electrons. The first-order valence-electron chi connectivity index (χ1n) is 5.85. The molecule has 0 saturated heterocycles. The van der Waals surface area contributed by atoms with Gasteiger partial charge in [-0.15, -0.1) is 0 Å². The SMILES string of the molecule is CCNC(c1ccncn1)c1ncccc1OC. The van der Waals surface area contributed by atoms with E-state index in [0.717, 1.165) is 23.7 Å². The summed E-state index contributed by atoms with van der Waals surface area (Å²) in [4.78, 5) is 12.6. The molecule has 5 heteroatoms. The highest BCUT2D eigenvalue weighted by molar-refractivity contribution is 5.34. The number of hydrogen-bond acceptors (Lipinski definition) is 5. The van der Waals surface area contributed by atoms with Crippen LogP contribution in [0.25, 0.3) is 0 Å². The molecule has 5 nitrogen and oxygen atoms in total. The second-order valence-corrected chi connectivity index (χ2v) is 3.72. The lowest BCUT2D eigenvalue weighted by Crippen LogP contribution is -2.24. The molecule has 0 aliphatic rings. The molecule has 0 saturated carbocycles. The number of pyridine rings is 1. The summed E-state index contributed by atoms with van der Waals surface area (Å²) in [6, 6.07) is 5.54. The van der Waals surface area contributed by atoms with E-state index in [0.29, 0.717) is 0 Å². The fourth-order valence-electron chi connectivity index (χ4n) is 1.81. The van der Waals surface area contributed by atoms with Gasteiger partial charge in [-0.25, -0.2) is 9.97 Å². The van der Waals surface area contributed by atoms with Crippen molar-refractivity contribution in [2.45, 2.75) is 13.0 Å². The van der Waals surface area contributed by atoms with Crippen LogP contribution in [0.2, 0.25) is 0 Å². The molecule has 0 fully saturated rings. The van der Waals surface area contributed by atoms with Crippen molar-refractivity contribution >= 4 is 0 Å². The topological polar surface area (TPSA) is 59.9 Å². The van der Waals surface area contributed by atoms with Gasteiger partial charge in [-0.1, -0.05) is 6.92 Å². The predicted octanol–water partition coefficient (Wildman–Crippen LogP) is 1.58. The molecule has 0 spiro atoms. The first-order valence-corrected chi connectivity index (χ1v) is 5.85. The molecule has 1 N–H and O–H groups in total. The maximum atomic E-state index is 5.35. The third-order valence-electron chi connectivity index (χ3n) is 2.60. The van der Waals surface area contributed by atoms with Crippen molar-refractivity contribution in [3.05, 3.63) is 48.3 Å². The number of rotatable bonds is 5. The van der Waals surface area contributed by atoms with Gasteiger partial charge in [-0.3, -0.25) is 4.98 Å². The number of nitrogens with one attached hydrogen (secondary N) is 1. The molecule has 2 aromatic heterocycles. The van der Waals surface area contributed by atoms with E-state index >= 15 is 0 Å². The van der Waals surface area contributed by atoms with E-state index in [-0.39, 0.29) is 6.04 Å². The summed E-state index contributed by atoms with van der Waals surface area (Å²) in [5.74, 6) is 0.752. The zero-order chi connectivity index (χ0) is 12.8. The second-order valence-electron chi connectivity index (χ2n) is 3.72. The normalized spacial score (nSPS) is 12.1. The smallest absolute Gasteiger partial charge is 0.142 e. The van der Waals surface area contributed by atoms with E-state index in [2.05, 4.69) is 20.3 Å². The van der Waals surface area contributed by atoms with Crippen LogP contribution in [-0.4, -0.2) is 28.6 Å². The summed E-state index contributed by atoms with van der Waals surface area (Å²) in [7, 11) is 1.64. The summed E-state index contributed by atoms with van der Waals surface area (Å²) in [5.41, 5.74) is 1.71. The van der Waals surface area contributed by atoms with E-state index in [4.69, 9.17) is 4.74 Å². The Kier molecular flexibility index (Phi) is 4.20. The highest BCUT2D eigenvalue weighted by atomic mass is 16.5. The molecule has 0 aliphatic carbocycles. The van der Waals surface area contributed by atoms with Gasteiger partial charge in [0.05, 0.1) is 18.8 Å². The maximum absolute atomic E-state index is 5.35. The van der Waals surface area contributed by atoms with Crippen LogP contribution in [0.3, 0.4) is 0 Å². The van der Waals surface area contributed by atoms with E-state index in [1.165, 1.54) is 6.33 Å². The number of ether oxygens (including phenoxy) is 1. The van der Waals surface area contributed by atoms with Crippen LogP contribution in [0.4, 0.5) is 0 Å². The Hall–Kier alpha value is -2.01. The van der Waals surface area contributed by atoms with Crippen molar-refractivity contribution in [1.82, 2.24) is 20.3 Å². The summed E-state index contributed by atoms with van der Waals surface area (Å²) in [5, 5.41) is 3.36. The Labute approximate surface area is 106 Å². The summed E-state index contributed by atoms with van der Waals surface area (Å²) in [6.45, 7) is 2.86. The first-order chi connectivity index (χ1) is 8.86. The van der Waals surface area contributed by atoms with Gasteiger partial charge in [-0.2, -0.15) is 0 Å². The van der Waals surface area contributed by atoms with Gasteiger partial charge in [0.25, 0.3) is 0 Å². The summed E-state index contributed by atoms with van der Waals surface area (Å²) >= 11 is 0. The molecule has 0 aromatic carbocycles. The largest absolute Gasteiger partial charge is 0.495 e. The Bertz CT molecular complexity index is 489. The molecule has 1 unspecified atom stereocenters. The third-order valence-corrected chi connectivity index (χ3v) is 2.60. The average Bonchev–Trinajstić information content (AvgIpc) is 2.46. The van der Waals surface area contributed by atoms with Crippen LogP contribution in [0.1, 0.15) is 24.4 Å². The Morgan fingerprint density at radius 3 is 2.83 bits per heavy atom. The standard InChI is InChI=1S/C13H16N4O/c1-3-15-12(10-6-8-14-9-17-10)13-11(18-2)5-4-7-16-13/h4-9,12,15H,3H2,1-2H3. The van der Waals surface area contributed by atoms with Gasteiger partial charge in [0, 0.05) is 12.4 Å². The molecule has 18 heavy (non-hydrogen) atoms. The van der Waals surface area contributed by atoms with Crippen molar-refractivity contribution in [3.8, 4) is 5.75 Å². The Balaban J connectivity index is 2.41. The highest BCUT2D eigenvalue weighted by Crippen LogP contribution is 2.26. The molecule has 94 valence electrons. The van der Waals surface area contributed by atoms with Gasteiger partial charge in [0.2, 0.25) is 0 Å². The first kappa shape index (κ1) is 12.4. The van der Waals surface area contributed by atoms with Crippen LogP contribution < -0.4 is 10.1 Å². The van der Waals surface area contributed by atoms with Crippen LogP contribution in [-0.2, 0) is 0 Å². The summed E-state index contributed by atoms with van der Waals surface area (Å²) < 4.78 is 5.35. The number of methoxy groups -OCH3 is 1. The Morgan fingerprint density at radius 1 is 1.28 bits per heavy atom. The van der Waals surface area contributed by atoms with Crippen LogP contribution in [0.5, 0.6) is 5.75 Å². The third kappa shape index (κ3) is 2.62. The second kappa shape index (κ2) is 6.07. The quantitative estimate of drug-likeness (QED) is 0.865. The number of nitrogens with zero attached hydrogens (tertiary/aromatic N) is 3. The van der Waals surface area contributed by atoms with Crippen molar-refractivity contribution < 1.29 is 4.74 Å². The minimum absolute atomic E-state index is 0.0888. The van der Waals surface area contributed by atoms with E-state index in [1.54, 1.807) is 19.5 Å². The van der Waals surface area contributed by atoms with Gasteiger partial charge in [0.1, 0.15) is 17.8 Å². The van der Waals surface area contributed by atoms with E-state index in [1.807, 2.05) is 25.1 Å². The monoisotopic (exact) mass is 244 g/mol. The van der Waals surface area contributed by atoms with Gasteiger partial charge in [-0.05, 0) is 24.7 Å². The zero-order valence-electron chi connectivity index (χ0n) is 10.5.